The molecular formula is C26H29N3O2. The maximum Gasteiger partial charge on any atom is 0.307 e. The number of rotatable bonds is 8. The molecule has 0 fully saturated rings. The Hall–Kier alpha value is -3.18. The quantitative estimate of drug-likeness (QED) is 0.508. The van der Waals surface area contributed by atoms with Crippen LogP contribution in [0.15, 0.2) is 72.9 Å². The number of aromatic nitrogens is 1. The maximum absolute atomic E-state index is 11.1. The Kier molecular flexibility index (Phi) is 6.63. The molecule has 0 saturated heterocycles. The van der Waals surface area contributed by atoms with E-state index in [0.717, 1.165) is 42.0 Å². The molecule has 1 aliphatic rings. The Labute approximate surface area is 183 Å². The maximum atomic E-state index is 11.1. The van der Waals surface area contributed by atoms with E-state index in [-0.39, 0.29) is 18.4 Å². The van der Waals surface area contributed by atoms with E-state index in [1.165, 1.54) is 5.56 Å². The molecule has 4 rings (SSSR count). The lowest BCUT2D eigenvalue weighted by Gasteiger charge is -2.33. The lowest BCUT2D eigenvalue weighted by molar-refractivity contribution is -0.136. The molecule has 5 nitrogen and oxygen atoms in total. The fraction of sp³-hybridized carbons (Fsp3) is 0.308. The summed E-state index contributed by atoms with van der Waals surface area (Å²) in [5, 5.41) is 16.4. The normalized spacial score (nSPS) is 17.3. The summed E-state index contributed by atoms with van der Waals surface area (Å²) in [5.74, 6) is -0.150. The predicted molar refractivity (Wildman–Crippen MR) is 123 cm³/mol. The highest BCUT2D eigenvalue weighted by Gasteiger charge is 2.28. The molecule has 0 spiro atoms. The van der Waals surface area contributed by atoms with Crippen molar-refractivity contribution >= 4 is 11.7 Å². The van der Waals surface area contributed by atoms with E-state index in [9.17, 15) is 4.79 Å². The van der Waals surface area contributed by atoms with Crippen LogP contribution in [0, 0.1) is 5.92 Å². The molecule has 0 amide bonds. The summed E-state index contributed by atoms with van der Waals surface area (Å²) in [7, 11) is 0. The van der Waals surface area contributed by atoms with E-state index in [1.54, 1.807) is 0 Å². The van der Waals surface area contributed by atoms with Crippen LogP contribution < -0.4 is 10.6 Å². The molecule has 0 radical (unpaired) electrons. The molecule has 0 bridgehead atoms. The monoisotopic (exact) mass is 415 g/mol. The first-order chi connectivity index (χ1) is 15.1. The summed E-state index contributed by atoms with van der Waals surface area (Å²) in [6, 6.07) is 22.8. The van der Waals surface area contributed by atoms with Crippen molar-refractivity contribution in [2.75, 3.05) is 18.4 Å². The zero-order chi connectivity index (χ0) is 21.6. The lowest BCUT2D eigenvalue weighted by Crippen LogP contribution is -2.37. The molecule has 3 aromatic rings. The summed E-state index contributed by atoms with van der Waals surface area (Å²) in [6.07, 6.45) is 2.85. The van der Waals surface area contributed by atoms with Gasteiger partial charge in [-0.3, -0.25) is 9.78 Å². The van der Waals surface area contributed by atoms with Gasteiger partial charge < -0.3 is 15.7 Å². The number of carboxylic acids is 1. The molecule has 3 atom stereocenters. The van der Waals surface area contributed by atoms with E-state index >= 15 is 0 Å². The van der Waals surface area contributed by atoms with Crippen LogP contribution in [0.1, 0.15) is 41.3 Å². The average Bonchev–Trinajstić information content (AvgIpc) is 2.79. The van der Waals surface area contributed by atoms with Gasteiger partial charge in [0, 0.05) is 31.2 Å². The van der Waals surface area contributed by atoms with Crippen LogP contribution in [0.25, 0.3) is 0 Å². The molecule has 160 valence electrons. The first-order valence-corrected chi connectivity index (χ1v) is 10.9. The summed E-state index contributed by atoms with van der Waals surface area (Å²) in [6.45, 7) is 3.89. The van der Waals surface area contributed by atoms with Crippen LogP contribution in [0.5, 0.6) is 0 Å². The van der Waals surface area contributed by atoms with Crippen molar-refractivity contribution in [1.29, 1.82) is 0 Å². The molecule has 5 heteroatoms. The van der Waals surface area contributed by atoms with Gasteiger partial charge in [0.1, 0.15) is 0 Å². The number of pyridine rings is 1. The fourth-order valence-corrected chi connectivity index (χ4v) is 4.38. The zero-order valence-electron chi connectivity index (χ0n) is 17.8. The van der Waals surface area contributed by atoms with Crippen LogP contribution in [-0.4, -0.2) is 29.1 Å². The molecular weight excluding hydrogens is 386 g/mol. The highest BCUT2D eigenvalue weighted by molar-refractivity contribution is 5.70. The Balaban J connectivity index is 1.49. The third-order valence-corrected chi connectivity index (χ3v) is 6.05. The van der Waals surface area contributed by atoms with Crippen molar-refractivity contribution in [3.63, 3.8) is 0 Å². The van der Waals surface area contributed by atoms with Crippen molar-refractivity contribution < 1.29 is 9.90 Å². The fourth-order valence-electron chi connectivity index (χ4n) is 4.38. The van der Waals surface area contributed by atoms with Crippen molar-refractivity contribution in [3.05, 3.63) is 95.3 Å². The minimum atomic E-state index is -0.800. The zero-order valence-corrected chi connectivity index (χ0v) is 17.8. The third kappa shape index (κ3) is 5.30. The Morgan fingerprint density at radius 3 is 2.74 bits per heavy atom. The van der Waals surface area contributed by atoms with Gasteiger partial charge >= 0.3 is 5.97 Å². The highest BCUT2D eigenvalue weighted by Crippen LogP contribution is 2.31. The number of hydrogen-bond donors (Lipinski definition) is 3. The van der Waals surface area contributed by atoms with Crippen molar-refractivity contribution in [1.82, 2.24) is 10.3 Å². The summed E-state index contributed by atoms with van der Waals surface area (Å²) in [5.41, 5.74) is 5.54. The number of benzene rings is 2. The van der Waals surface area contributed by atoms with Gasteiger partial charge in [-0.1, -0.05) is 61.5 Å². The molecule has 0 aliphatic carbocycles. The van der Waals surface area contributed by atoms with E-state index in [0.29, 0.717) is 5.92 Å². The summed E-state index contributed by atoms with van der Waals surface area (Å²) in [4.78, 5) is 15.6. The number of carbonyl (C=O) groups is 1. The minimum absolute atomic E-state index is 0.0563. The molecule has 31 heavy (non-hydrogen) atoms. The Morgan fingerprint density at radius 1 is 1.13 bits per heavy atom. The lowest BCUT2D eigenvalue weighted by atomic mass is 9.86. The van der Waals surface area contributed by atoms with E-state index in [4.69, 9.17) is 5.11 Å². The molecule has 3 N–H and O–H groups in total. The number of anilines is 1. The second-order valence-electron chi connectivity index (χ2n) is 8.36. The van der Waals surface area contributed by atoms with Gasteiger partial charge in [0.25, 0.3) is 0 Å². The van der Waals surface area contributed by atoms with Gasteiger partial charge in [-0.05, 0) is 41.2 Å². The van der Waals surface area contributed by atoms with Crippen LogP contribution in [0.3, 0.4) is 0 Å². The number of nitrogens with one attached hydrogen (secondary N) is 2. The van der Waals surface area contributed by atoms with Gasteiger partial charge in [0.2, 0.25) is 0 Å². The van der Waals surface area contributed by atoms with Crippen molar-refractivity contribution in [2.24, 2.45) is 5.92 Å². The van der Waals surface area contributed by atoms with Crippen LogP contribution in [0.4, 0.5) is 5.69 Å². The second-order valence-corrected chi connectivity index (χ2v) is 8.36. The first-order valence-electron chi connectivity index (χ1n) is 10.9. The Morgan fingerprint density at radius 2 is 1.94 bits per heavy atom. The molecule has 1 aliphatic heterocycles. The number of aliphatic carboxylic acids is 1. The van der Waals surface area contributed by atoms with Gasteiger partial charge in [-0.25, -0.2) is 0 Å². The smallest absolute Gasteiger partial charge is 0.307 e. The standard InChI is InChI=1S/C26H29N3O2/c1-18(21-10-5-7-19(13-21)14-25(30)31)16-29-26(20-8-3-2-4-9-20)22-15-24-23(28-17-22)11-6-12-27-24/h2-13,18,22,26,28-29H,14-17H2,1H3,(H,30,31)/t18-,22-,26+/m1/s1. The summed E-state index contributed by atoms with van der Waals surface area (Å²) >= 11 is 0. The molecule has 1 aromatic heterocycles. The molecule has 0 saturated carbocycles. The topological polar surface area (TPSA) is 74.2 Å². The number of nitrogens with zero attached hydrogens (tertiary/aromatic N) is 1. The number of carboxylic acid groups (broad SMARTS) is 1. The van der Waals surface area contributed by atoms with Crippen molar-refractivity contribution in [3.8, 4) is 0 Å². The van der Waals surface area contributed by atoms with Gasteiger partial charge in [-0.2, -0.15) is 0 Å². The van der Waals surface area contributed by atoms with Crippen LogP contribution in [0.2, 0.25) is 0 Å². The Bertz CT molecular complexity index is 1020. The largest absolute Gasteiger partial charge is 0.481 e. The van der Waals surface area contributed by atoms with Crippen molar-refractivity contribution in [2.45, 2.75) is 31.7 Å². The second kappa shape index (κ2) is 9.75. The van der Waals surface area contributed by atoms with Gasteiger partial charge in [0.15, 0.2) is 0 Å². The minimum Gasteiger partial charge on any atom is -0.481 e. The number of fused-ring (bicyclic) bond motifs is 1. The third-order valence-electron chi connectivity index (χ3n) is 6.05. The van der Waals surface area contributed by atoms with E-state index in [2.05, 4.69) is 58.9 Å². The molecule has 0 unspecified atom stereocenters. The number of hydrogen-bond acceptors (Lipinski definition) is 4. The van der Waals surface area contributed by atoms with Crippen LogP contribution in [-0.2, 0) is 17.6 Å². The highest BCUT2D eigenvalue weighted by atomic mass is 16.4. The van der Waals surface area contributed by atoms with Crippen LogP contribution >= 0.6 is 0 Å². The van der Waals surface area contributed by atoms with E-state index in [1.807, 2.05) is 36.5 Å². The predicted octanol–water partition coefficient (Wildman–Crippen LogP) is 4.43. The average molecular weight is 416 g/mol. The summed E-state index contributed by atoms with van der Waals surface area (Å²) < 4.78 is 0. The SMILES string of the molecule is C[C@H](CN[C@@H](c1ccccc1)[C@H]1CNc2cccnc2C1)c1cccc(CC(=O)O)c1. The molecule has 2 heterocycles. The van der Waals surface area contributed by atoms with Gasteiger partial charge in [0.05, 0.1) is 17.8 Å². The van der Waals surface area contributed by atoms with E-state index < -0.39 is 5.97 Å². The first kappa shape index (κ1) is 21.1. The molecule has 2 aromatic carbocycles. The van der Waals surface area contributed by atoms with Gasteiger partial charge in [-0.15, -0.1) is 0 Å².